The molecule has 0 spiro atoms. The first-order valence-electron chi connectivity index (χ1n) is 3.14. The predicted molar refractivity (Wildman–Crippen MR) is 38.0 cm³/mol. The summed E-state index contributed by atoms with van der Waals surface area (Å²) in [6.07, 6.45) is 0.692. The Morgan fingerprint density at radius 2 is 2.64 bits per heavy atom. The van der Waals surface area contributed by atoms with Crippen LogP contribution in [0.1, 0.15) is 16.2 Å². The van der Waals surface area contributed by atoms with E-state index in [1.54, 1.807) is 13.0 Å². The van der Waals surface area contributed by atoms with E-state index in [-0.39, 0.29) is 6.54 Å². The number of aldehydes is 1. The van der Waals surface area contributed by atoms with E-state index in [4.69, 9.17) is 5.26 Å². The highest BCUT2D eigenvalue weighted by molar-refractivity contribution is 5.72. The van der Waals surface area contributed by atoms with Crippen LogP contribution in [0.25, 0.3) is 0 Å². The van der Waals surface area contributed by atoms with Gasteiger partial charge in [-0.2, -0.15) is 10.4 Å². The van der Waals surface area contributed by atoms with E-state index in [9.17, 15) is 4.79 Å². The maximum Gasteiger partial charge on any atom is 0.168 e. The second-order valence-electron chi connectivity index (χ2n) is 2.14. The highest BCUT2D eigenvalue weighted by Crippen LogP contribution is 1.99. The molecule has 1 heterocycles. The van der Waals surface area contributed by atoms with Gasteiger partial charge in [-0.15, -0.1) is 0 Å². The number of carbonyl (C=O) groups is 1. The van der Waals surface area contributed by atoms with Crippen molar-refractivity contribution in [1.82, 2.24) is 9.78 Å². The van der Waals surface area contributed by atoms with Gasteiger partial charge in [-0.25, -0.2) is 4.68 Å². The van der Waals surface area contributed by atoms with Crippen LogP contribution in [0.15, 0.2) is 6.07 Å². The predicted octanol–water partition coefficient (Wildman–Crippen LogP) is 0.528. The van der Waals surface area contributed by atoms with E-state index in [1.807, 2.05) is 6.07 Å². The van der Waals surface area contributed by atoms with Crippen LogP contribution >= 0.6 is 0 Å². The van der Waals surface area contributed by atoms with Crippen LogP contribution in [0, 0.1) is 18.3 Å². The van der Waals surface area contributed by atoms with Crippen molar-refractivity contribution in [2.75, 3.05) is 0 Å². The highest BCUT2D eigenvalue weighted by Gasteiger charge is 2.01. The van der Waals surface area contributed by atoms with Crippen molar-refractivity contribution >= 4 is 6.29 Å². The zero-order valence-electron chi connectivity index (χ0n) is 6.11. The molecule has 56 valence electrons. The van der Waals surface area contributed by atoms with E-state index >= 15 is 0 Å². The summed E-state index contributed by atoms with van der Waals surface area (Å²) in [6, 6.07) is 3.56. The quantitative estimate of drug-likeness (QED) is 0.576. The summed E-state index contributed by atoms with van der Waals surface area (Å²) < 4.78 is 1.38. The third kappa shape index (κ3) is 1.44. The van der Waals surface area contributed by atoms with Gasteiger partial charge in [-0.05, 0) is 13.0 Å². The number of rotatable bonds is 2. The molecule has 4 heteroatoms. The minimum Gasteiger partial charge on any atom is -0.296 e. The molecule has 1 aromatic rings. The molecule has 1 aromatic heterocycles. The van der Waals surface area contributed by atoms with Gasteiger partial charge in [0.1, 0.15) is 12.2 Å². The molecule has 0 aliphatic heterocycles. The fraction of sp³-hybridized carbons (Fsp3) is 0.286. The first-order chi connectivity index (χ1) is 5.27. The van der Waals surface area contributed by atoms with Crippen molar-refractivity contribution < 1.29 is 4.79 Å². The standard InChI is InChI=1S/C7H7N3O/c1-6-4-7(5-11)10(9-6)3-2-8/h4-5H,3H2,1H3. The van der Waals surface area contributed by atoms with E-state index in [1.165, 1.54) is 4.68 Å². The third-order valence-electron chi connectivity index (χ3n) is 1.27. The van der Waals surface area contributed by atoms with Crippen LogP contribution in [-0.2, 0) is 6.54 Å². The molecule has 0 fully saturated rings. The molecule has 0 aromatic carbocycles. The molecular weight excluding hydrogens is 142 g/mol. The van der Waals surface area contributed by atoms with Crippen LogP contribution < -0.4 is 0 Å². The molecule has 0 atom stereocenters. The van der Waals surface area contributed by atoms with Gasteiger partial charge in [0, 0.05) is 0 Å². The first kappa shape index (κ1) is 7.48. The lowest BCUT2D eigenvalue weighted by Gasteiger charge is -1.92. The molecule has 1 rings (SSSR count). The Kier molecular flexibility index (Phi) is 2.02. The van der Waals surface area contributed by atoms with Crippen molar-refractivity contribution in [3.05, 3.63) is 17.5 Å². The molecule has 0 aliphatic carbocycles. The Balaban J connectivity index is 3.03. The average molecular weight is 149 g/mol. The van der Waals surface area contributed by atoms with E-state index in [0.717, 1.165) is 5.69 Å². The third-order valence-corrected chi connectivity index (χ3v) is 1.27. The Bertz CT molecular complexity index is 308. The maximum absolute atomic E-state index is 10.3. The van der Waals surface area contributed by atoms with Gasteiger partial charge >= 0.3 is 0 Å². The van der Waals surface area contributed by atoms with Crippen molar-refractivity contribution in [3.63, 3.8) is 0 Å². The van der Waals surface area contributed by atoms with Crippen LogP contribution in [0.2, 0.25) is 0 Å². The first-order valence-corrected chi connectivity index (χ1v) is 3.14. The maximum atomic E-state index is 10.3. The summed E-state index contributed by atoms with van der Waals surface area (Å²) in [5.74, 6) is 0. The fourth-order valence-corrected chi connectivity index (χ4v) is 0.854. The molecule has 0 bridgehead atoms. The van der Waals surface area contributed by atoms with E-state index < -0.39 is 0 Å². The minimum atomic E-state index is 0.127. The molecule has 11 heavy (non-hydrogen) atoms. The van der Waals surface area contributed by atoms with Gasteiger partial charge in [0.15, 0.2) is 6.29 Å². The summed E-state index contributed by atoms with van der Waals surface area (Å²) in [7, 11) is 0. The number of carbonyl (C=O) groups excluding carboxylic acids is 1. The monoisotopic (exact) mass is 149 g/mol. The second-order valence-corrected chi connectivity index (χ2v) is 2.14. The number of nitrogens with zero attached hydrogens (tertiary/aromatic N) is 3. The van der Waals surface area contributed by atoms with Crippen molar-refractivity contribution in [2.45, 2.75) is 13.5 Å². The summed E-state index contributed by atoms with van der Waals surface area (Å²) in [5.41, 5.74) is 1.20. The fourth-order valence-electron chi connectivity index (χ4n) is 0.854. The summed E-state index contributed by atoms with van der Waals surface area (Å²) in [6.45, 7) is 1.91. The lowest BCUT2D eigenvalue weighted by atomic mass is 10.4. The van der Waals surface area contributed by atoms with Gasteiger partial charge in [0.25, 0.3) is 0 Å². The van der Waals surface area contributed by atoms with Gasteiger partial charge < -0.3 is 0 Å². The molecule has 0 amide bonds. The Labute approximate surface area is 64.1 Å². The molecule has 0 aliphatic rings. The van der Waals surface area contributed by atoms with Crippen molar-refractivity contribution in [3.8, 4) is 6.07 Å². The van der Waals surface area contributed by atoms with Crippen molar-refractivity contribution in [2.24, 2.45) is 0 Å². The summed E-state index contributed by atoms with van der Waals surface area (Å²) in [5, 5.41) is 12.3. The van der Waals surface area contributed by atoms with Gasteiger partial charge in [-0.1, -0.05) is 0 Å². The smallest absolute Gasteiger partial charge is 0.168 e. The number of aromatic nitrogens is 2. The second kappa shape index (κ2) is 2.97. The van der Waals surface area contributed by atoms with Gasteiger partial charge in [0.2, 0.25) is 0 Å². The molecule has 0 radical (unpaired) electrons. The number of nitriles is 1. The SMILES string of the molecule is Cc1cc(C=O)n(CC#N)n1. The van der Waals surface area contributed by atoms with Crippen molar-refractivity contribution in [1.29, 1.82) is 5.26 Å². The number of hydrogen-bond donors (Lipinski definition) is 0. The zero-order valence-corrected chi connectivity index (χ0v) is 6.11. The van der Waals surface area contributed by atoms with Gasteiger partial charge in [-0.3, -0.25) is 4.79 Å². The van der Waals surface area contributed by atoms with Crippen LogP contribution in [0.3, 0.4) is 0 Å². The molecule has 0 unspecified atom stereocenters. The normalized spacial score (nSPS) is 9.09. The molecule has 0 N–H and O–H groups in total. The van der Waals surface area contributed by atoms with E-state index in [0.29, 0.717) is 12.0 Å². The molecule has 4 nitrogen and oxygen atoms in total. The Hall–Kier alpha value is -1.63. The average Bonchev–Trinajstić information content (AvgIpc) is 2.32. The zero-order chi connectivity index (χ0) is 8.27. The van der Waals surface area contributed by atoms with E-state index in [2.05, 4.69) is 5.10 Å². The lowest BCUT2D eigenvalue weighted by molar-refractivity contribution is 0.111. The summed E-state index contributed by atoms with van der Waals surface area (Å²) >= 11 is 0. The molecule has 0 saturated heterocycles. The Morgan fingerprint density at radius 1 is 1.91 bits per heavy atom. The van der Waals surface area contributed by atoms with Crippen LogP contribution in [0.4, 0.5) is 0 Å². The molecule has 0 saturated carbocycles. The minimum absolute atomic E-state index is 0.127. The number of aryl methyl sites for hydroxylation is 1. The van der Waals surface area contributed by atoms with Crippen LogP contribution in [0.5, 0.6) is 0 Å². The van der Waals surface area contributed by atoms with Crippen LogP contribution in [-0.4, -0.2) is 16.1 Å². The lowest BCUT2D eigenvalue weighted by Crippen LogP contribution is -2.02. The van der Waals surface area contributed by atoms with Gasteiger partial charge in [0.05, 0.1) is 11.8 Å². The summed E-state index contributed by atoms with van der Waals surface area (Å²) in [4.78, 5) is 10.3. The topological polar surface area (TPSA) is 58.7 Å². The number of hydrogen-bond acceptors (Lipinski definition) is 3. The highest BCUT2D eigenvalue weighted by atomic mass is 16.1. The molecular formula is C7H7N3O. The Morgan fingerprint density at radius 3 is 3.18 bits per heavy atom. The largest absolute Gasteiger partial charge is 0.296 e.